The lowest BCUT2D eigenvalue weighted by Crippen LogP contribution is -2.36. The first-order valence-electron chi connectivity index (χ1n) is 18.8. The molecule has 8 bridgehead atoms. The molecule has 2 N–H and O–H groups in total. The van der Waals surface area contributed by atoms with E-state index in [-0.39, 0.29) is 11.8 Å². The second kappa shape index (κ2) is 11.2. The summed E-state index contributed by atoms with van der Waals surface area (Å²) in [5.74, 6) is 2.84. The highest BCUT2D eigenvalue weighted by Gasteiger charge is 2.48. The van der Waals surface area contributed by atoms with Crippen LogP contribution in [0.4, 0.5) is 5.82 Å². The van der Waals surface area contributed by atoms with Crippen molar-refractivity contribution in [3.05, 3.63) is 148 Å². The number of furan rings is 1. The maximum absolute atomic E-state index is 7.48. The molecule has 0 amide bonds. The highest BCUT2D eigenvalue weighted by atomic mass is 32.1. The van der Waals surface area contributed by atoms with Crippen LogP contribution in [-0.4, -0.2) is 19.5 Å². The number of nitrogen functional groups attached to an aromatic ring is 1. The molecule has 1 aliphatic heterocycles. The molecule has 0 saturated heterocycles. The zero-order valence-electron chi connectivity index (χ0n) is 30.5. The van der Waals surface area contributed by atoms with Crippen LogP contribution >= 0.6 is 11.3 Å². The van der Waals surface area contributed by atoms with Gasteiger partial charge in [-0.25, -0.2) is 15.0 Å². The minimum absolute atomic E-state index is 0.0157. The molecule has 7 heteroatoms. The molecule has 6 nitrogen and oxygen atoms in total. The van der Waals surface area contributed by atoms with Crippen molar-refractivity contribution in [2.45, 2.75) is 51.4 Å². The maximum atomic E-state index is 7.48. The Hall–Kier alpha value is -6.05. The average Bonchev–Trinajstić information content (AvgIpc) is 3.88. The van der Waals surface area contributed by atoms with Crippen LogP contribution in [0.3, 0.4) is 0 Å². The number of fused-ring (bicyclic) bond motifs is 16. The van der Waals surface area contributed by atoms with E-state index in [9.17, 15) is 0 Å². The van der Waals surface area contributed by atoms with Crippen LogP contribution in [0.2, 0.25) is 0 Å². The van der Waals surface area contributed by atoms with Crippen LogP contribution < -0.4 is 5.73 Å². The average molecular weight is 720 g/mol. The number of nitrogens with two attached hydrogens (primary N) is 1. The fraction of sp³-hybridized carbons (Fsp3) is 0.170. The number of hydrogen-bond donors (Lipinski definition) is 1. The van der Waals surface area contributed by atoms with Crippen molar-refractivity contribution in [2.75, 3.05) is 5.73 Å². The molecule has 1 aliphatic carbocycles. The SMILES string of the molecule is CCC1=C2C(C)c3sc4ccccc4c3C1(C)c1nc(-c3ccccc3)nc(n1)-c1cccc3c1oc1c(cccc13)-n1c(N)c(c3ccccc31)C2C. The van der Waals surface area contributed by atoms with Crippen LogP contribution in [0.25, 0.3) is 71.4 Å². The Morgan fingerprint density at radius 2 is 1.41 bits per heavy atom. The first kappa shape index (κ1) is 31.5. The van der Waals surface area contributed by atoms with Gasteiger partial charge in [0.25, 0.3) is 0 Å². The van der Waals surface area contributed by atoms with Gasteiger partial charge in [-0.2, -0.15) is 0 Å². The predicted octanol–water partition coefficient (Wildman–Crippen LogP) is 12.1. The van der Waals surface area contributed by atoms with E-state index in [1.165, 1.54) is 31.7 Å². The van der Waals surface area contributed by atoms with Gasteiger partial charge in [-0.15, -0.1) is 11.3 Å². The molecule has 54 heavy (non-hydrogen) atoms. The number of thiophene rings is 1. The third-order valence-corrected chi connectivity index (χ3v) is 13.6. The fourth-order valence-electron chi connectivity index (χ4n) is 9.92. The summed E-state index contributed by atoms with van der Waals surface area (Å²) in [6, 6.07) is 40.4. The second-order valence-corrected chi connectivity index (χ2v) is 16.0. The van der Waals surface area contributed by atoms with Crippen molar-refractivity contribution in [3.8, 4) is 28.5 Å². The molecule has 5 aromatic carbocycles. The predicted molar refractivity (Wildman–Crippen MR) is 222 cm³/mol. The lowest BCUT2D eigenvalue weighted by molar-refractivity contribution is 0.547. The normalized spacial score (nSPS) is 19.3. The summed E-state index contributed by atoms with van der Waals surface area (Å²) >= 11 is 1.90. The van der Waals surface area contributed by atoms with E-state index in [4.69, 9.17) is 25.1 Å². The Morgan fingerprint density at radius 3 is 2.22 bits per heavy atom. The summed E-state index contributed by atoms with van der Waals surface area (Å²) in [6.07, 6.45) is 0.820. The van der Waals surface area contributed by atoms with Crippen LogP contribution in [0.1, 0.15) is 67.8 Å². The third kappa shape index (κ3) is 4.02. The lowest BCUT2D eigenvalue weighted by Gasteiger charge is -2.42. The lowest BCUT2D eigenvalue weighted by atomic mass is 9.62. The molecular formula is C47H37N5OS. The van der Waals surface area contributed by atoms with Gasteiger partial charge in [0.05, 0.1) is 22.2 Å². The van der Waals surface area contributed by atoms with E-state index < -0.39 is 5.41 Å². The molecule has 5 heterocycles. The quantitative estimate of drug-likeness (QED) is 0.180. The van der Waals surface area contributed by atoms with E-state index in [0.717, 1.165) is 73.3 Å². The Labute approximate surface area is 316 Å². The topological polar surface area (TPSA) is 82.8 Å². The van der Waals surface area contributed by atoms with Gasteiger partial charge in [0, 0.05) is 48.7 Å². The fourth-order valence-corrected chi connectivity index (χ4v) is 11.3. The summed E-state index contributed by atoms with van der Waals surface area (Å²) < 4.78 is 10.5. The molecule has 262 valence electrons. The Balaban J connectivity index is 1.37. The number of aromatic nitrogens is 4. The maximum Gasteiger partial charge on any atom is 0.167 e. The number of nitrogens with zero attached hydrogens (tertiary/aromatic N) is 4. The number of rotatable bonds is 2. The highest BCUT2D eigenvalue weighted by molar-refractivity contribution is 7.19. The van der Waals surface area contributed by atoms with Crippen LogP contribution in [-0.2, 0) is 5.41 Å². The summed E-state index contributed by atoms with van der Waals surface area (Å²) in [5.41, 5.74) is 17.2. The Bertz CT molecular complexity index is 3060. The first-order chi connectivity index (χ1) is 26.4. The molecule has 0 fully saturated rings. The number of allylic oxidation sites excluding steroid dienone is 2. The van der Waals surface area contributed by atoms with Crippen molar-refractivity contribution in [3.63, 3.8) is 0 Å². The van der Waals surface area contributed by atoms with Gasteiger partial charge in [0.1, 0.15) is 17.2 Å². The van der Waals surface area contributed by atoms with Gasteiger partial charge < -0.3 is 10.2 Å². The monoisotopic (exact) mass is 719 g/mol. The zero-order valence-corrected chi connectivity index (χ0v) is 31.3. The van der Waals surface area contributed by atoms with Gasteiger partial charge in [0.2, 0.25) is 0 Å². The molecule has 0 saturated carbocycles. The van der Waals surface area contributed by atoms with Crippen molar-refractivity contribution in [2.24, 2.45) is 0 Å². The second-order valence-electron chi connectivity index (χ2n) is 15.0. The number of hydrogen-bond acceptors (Lipinski definition) is 6. The molecular weight excluding hydrogens is 683 g/mol. The summed E-state index contributed by atoms with van der Waals surface area (Å²) in [5, 5.41) is 4.43. The van der Waals surface area contributed by atoms with Gasteiger partial charge in [-0.3, -0.25) is 4.57 Å². The van der Waals surface area contributed by atoms with Gasteiger partial charge in [0.15, 0.2) is 17.2 Å². The van der Waals surface area contributed by atoms with Crippen molar-refractivity contribution in [1.29, 1.82) is 0 Å². The summed E-state index contributed by atoms with van der Waals surface area (Å²) in [6.45, 7) is 9.38. The molecule has 9 aromatic rings. The minimum Gasteiger partial charge on any atom is -0.453 e. The highest BCUT2D eigenvalue weighted by Crippen LogP contribution is 2.59. The van der Waals surface area contributed by atoms with E-state index in [1.807, 2.05) is 29.5 Å². The van der Waals surface area contributed by atoms with Crippen LogP contribution in [0, 0.1) is 0 Å². The third-order valence-electron chi connectivity index (χ3n) is 12.2. The van der Waals surface area contributed by atoms with E-state index in [0.29, 0.717) is 11.6 Å². The largest absolute Gasteiger partial charge is 0.453 e. The first-order valence-corrected chi connectivity index (χ1v) is 19.6. The van der Waals surface area contributed by atoms with Gasteiger partial charge >= 0.3 is 0 Å². The standard InChI is InChI=1S/C47H37N5OS/c1-5-33-37-25(2)38-30-17-9-11-22-34(30)52(43(38)48)35-23-14-20-29-28-19-13-21-32(40(28)53-41(29)35)45-49-44(27-15-7-6-8-16-27)50-46(51-45)47(33,4)39-31-18-10-12-24-36(31)54-42(39)26(37)3/h6-26H,5,48H2,1-4H3. The Kier molecular flexibility index (Phi) is 6.55. The van der Waals surface area contributed by atoms with Gasteiger partial charge in [-0.1, -0.05) is 123 Å². The van der Waals surface area contributed by atoms with Crippen LogP contribution in [0.15, 0.2) is 131 Å². The van der Waals surface area contributed by atoms with Crippen molar-refractivity contribution in [1.82, 2.24) is 19.5 Å². The molecule has 3 atom stereocenters. The van der Waals surface area contributed by atoms with Crippen molar-refractivity contribution >= 4 is 60.1 Å². The van der Waals surface area contributed by atoms with Gasteiger partial charge in [-0.05, 0) is 48.6 Å². The number of anilines is 1. The smallest absolute Gasteiger partial charge is 0.167 e. The molecule has 3 unspecified atom stereocenters. The molecule has 4 aromatic heterocycles. The van der Waals surface area contributed by atoms with E-state index in [1.54, 1.807) is 0 Å². The minimum atomic E-state index is -0.680. The summed E-state index contributed by atoms with van der Waals surface area (Å²) in [7, 11) is 0. The summed E-state index contributed by atoms with van der Waals surface area (Å²) in [4.78, 5) is 17.6. The van der Waals surface area contributed by atoms with E-state index in [2.05, 4.69) is 129 Å². The molecule has 11 rings (SSSR count). The van der Waals surface area contributed by atoms with Crippen molar-refractivity contribution < 1.29 is 4.42 Å². The zero-order chi connectivity index (χ0) is 36.5. The van der Waals surface area contributed by atoms with Crippen LogP contribution in [0.5, 0.6) is 0 Å². The molecule has 2 aliphatic rings. The Morgan fingerprint density at radius 1 is 0.722 bits per heavy atom. The van der Waals surface area contributed by atoms with E-state index >= 15 is 0 Å². The molecule has 0 spiro atoms. The number of para-hydroxylation sites is 3. The number of benzene rings is 5. The molecule has 0 radical (unpaired) electrons.